The van der Waals surface area contributed by atoms with Gasteiger partial charge >= 0.3 is 0 Å². The van der Waals surface area contributed by atoms with Gasteiger partial charge in [0.25, 0.3) is 0 Å². The van der Waals surface area contributed by atoms with E-state index in [2.05, 4.69) is 24.5 Å². The summed E-state index contributed by atoms with van der Waals surface area (Å²) in [4.78, 5) is 24.1. The highest BCUT2D eigenvalue weighted by Crippen LogP contribution is 2.26. The van der Waals surface area contributed by atoms with Gasteiger partial charge in [0.05, 0.1) is 12.5 Å². The van der Waals surface area contributed by atoms with Crippen LogP contribution in [0.4, 0.5) is 0 Å². The van der Waals surface area contributed by atoms with Crippen molar-refractivity contribution in [3.05, 3.63) is 35.9 Å². The van der Waals surface area contributed by atoms with Crippen LogP contribution >= 0.6 is 0 Å². The summed E-state index contributed by atoms with van der Waals surface area (Å²) in [6.07, 6.45) is 0.908. The molecule has 2 N–H and O–H groups in total. The fraction of sp³-hybridized carbons (Fsp3) is 0.529. The summed E-state index contributed by atoms with van der Waals surface area (Å²) in [6.45, 7) is 7.94. The Morgan fingerprint density at radius 1 is 1.10 bits per heavy atom. The third kappa shape index (κ3) is 5.58. The summed E-state index contributed by atoms with van der Waals surface area (Å²) in [5.41, 5.74) is 0.994. The average Bonchev–Trinajstić information content (AvgIpc) is 2.45. The number of carbonyl (C=O) groups is 2. The molecule has 0 aliphatic heterocycles. The first-order chi connectivity index (χ1) is 9.95. The second-order valence-electron chi connectivity index (χ2n) is 5.71. The van der Waals surface area contributed by atoms with Crippen molar-refractivity contribution in [2.24, 2.45) is 5.92 Å². The zero-order valence-corrected chi connectivity index (χ0v) is 13.3. The van der Waals surface area contributed by atoms with E-state index in [0.717, 1.165) is 12.0 Å². The smallest absolute Gasteiger partial charge is 0.239 e. The minimum atomic E-state index is -0.219. The Bertz CT molecular complexity index is 457. The Labute approximate surface area is 127 Å². The second-order valence-corrected chi connectivity index (χ2v) is 5.71. The van der Waals surface area contributed by atoms with Gasteiger partial charge in [0.2, 0.25) is 11.8 Å². The van der Waals surface area contributed by atoms with Gasteiger partial charge in [-0.2, -0.15) is 0 Å². The van der Waals surface area contributed by atoms with E-state index < -0.39 is 0 Å². The van der Waals surface area contributed by atoms with Crippen LogP contribution in [0.5, 0.6) is 0 Å². The lowest BCUT2D eigenvalue weighted by Gasteiger charge is -2.22. The van der Waals surface area contributed by atoms with Crippen LogP contribution in [-0.2, 0) is 9.59 Å². The number of amides is 2. The topological polar surface area (TPSA) is 58.2 Å². The highest BCUT2D eigenvalue weighted by molar-refractivity contribution is 5.88. The average molecular weight is 290 g/mol. The van der Waals surface area contributed by atoms with Crippen LogP contribution in [0.1, 0.15) is 45.6 Å². The van der Waals surface area contributed by atoms with E-state index in [0.29, 0.717) is 0 Å². The van der Waals surface area contributed by atoms with Crippen LogP contribution in [0.3, 0.4) is 0 Å². The molecule has 0 fully saturated rings. The van der Waals surface area contributed by atoms with Crippen molar-refractivity contribution in [1.29, 1.82) is 0 Å². The van der Waals surface area contributed by atoms with E-state index >= 15 is 0 Å². The normalized spacial score (nSPS) is 13.6. The van der Waals surface area contributed by atoms with Gasteiger partial charge in [-0.1, -0.05) is 50.6 Å². The number of nitrogens with one attached hydrogen (secondary N) is 2. The third-order valence-electron chi connectivity index (χ3n) is 3.53. The molecule has 0 aliphatic carbocycles. The fourth-order valence-corrected chi connectivity index (χ4v) is 2.28. The predicted molar refractivity (Wildman–Crippen MR) is 84.9 cm³/mol. The van der Waals surface area contributed by atoms with Gasteiger partial charge in [-0.3, -0.25) is 9.59 Å². The number of rotatable bonds is 7. The second kappa shape index (κ2) is 8.45. The molecule has 0 aliphatic rings. The molecule has 0 spiro atoms. The number of hydrogen-bond acceptors (Lipinski definition) is 2. The highest BCUT2D eigenvalue weighted by atomic mass is 16.2. The molecule has 2 unspecified atom stereocenters. The molecule has 0 saturated heterocycles. The summed E-state index contributed by atoms with van der Waals surface area (Å²) in [5.74, 6) is -0.243. The van der Waals surface area contributed by atoms with E-state index in [-0.39, 0.29) is 36.2 Å². The molecule has 0 radical (unpaired) electrons. The lowest BCUT2D eigenvalue weighted by molar-refractivity contribution is -0.127. The standard InChI is InChI=1S/C17H26N2O2/c1-5-13(4)16(14-9-7-6-8-10-14)17(21)18-11-15(20)19-12(2)3/h6-10,12-13,16H,5,11H2,1-4H3,(H,18,21)(H,19,20). The summed E-state index contributed by atoms with van der Waals surface area (Å²) < 4.78 is 0. The number of carbonyl (C=O) groups excluding carboxylic acids is 2. The molecular weight excluding hydrogens is 264 g/mol. The van der Waals surface area contributed by atoms with Crippen molar-refractivity contribution in [3.8, 4) is 0 Å². The van der Waals surface area contributed by atoms with Gasteiger partial charge in [0.1, 0.15) is 0 Å². The predicted octanol–water partition coefficient (Wildman–Crippen LogP) is 2.46. The molecule has 0 heterocycles. The van der Waals surface area contributed by atoms with Crippen molar-refractivity contribution in [1.82, 2.24) is 10.6 Å². The molecule has 1 aromatic rings. The van der Waals surface area contributed by atoms with Crippen molar-refractivity contribution in [2.45, 2.75) is 46.1 Å². The highest BCUT2D eigenvalue weighted by Gasteiger charge is 2.25. The van der Waals surface area contributed by atoms with Gasteiger partial charge in [-0.15, -0.1) is 0 Å². The van der Waals surface area contributed by atoms with Crippen LogP contribution in [-0.4, -0.2) is 24.4 Å². The number of benzene rings is 1. The molecule has 2 atom stereocenters. The molecular formula is C17H26N2O2. The lowest BCUT2D eigenvalue weighted by atomic mass is 9.85. The van der Waals surface area contributed by atoms with Gasteiger partial charge in [0.15, 0.2) is 0 Å². The molecule has 4 heteroatoms. The molecule has 21 heavy (non-hydrogen) atoms. The largest absolute Gasteiger partial charge is 0.352 e. The van der Waals surface area contributed by atoms with Gasteiger partial charge in [-0.05, 0) is 25.3 Å². The van der Waals surface area contributed by atoms with E-state index in [4.69, 9.17) is 0 Å². The monoisotopic (exact) mass is 290 g/mol. The van der Waals surface area contributed by atoms with Crippen LogP contribution in [0, 0.1) is 5.92 Å². The Balaban J connectivity index is 2.71. The molecule has 0 aromatic heterocycles. The molecule has 116 valence electrons. The quantitative estimate of drug-likeness (QED) is 0.810. The zero-order chi connectivity index (χ0) is 15.8. The minimum Gasteiger partial charge on any atom is -0.352 e. The summed E-state index contributed by atoms with van der Waals surface area (Å²) >= 11 is 0. The Morgan fingerprint density at radius 3 is 2.24 bits per heavy atom. The molecule has 0 bridgehead atoms. The third-order valence-corrected chi connectivity index (χ3v) is 3.53. The van der Waals surface area contributed by atoms with Gasteiger partial charge in [-0.25, -0.2) is 0 Å². The Morgan fingerprint density at radius 2 is 1.71 bits per heavy atom. The SMILES string of the molecule is CCC(C)C(C(=O)NCC(=O)NC(C)C)c1ccccc1. The molecule has 2 amide bonds. The van der Waals surface area contributed by atoms with E-state index in [1.54, 1.807) is 0 Å². The molecule has 1 rings (SSSR count). The molecule has 1 aromatic carbocycles. The molecule has 4 nitrogen and oxygen atoms in total. The van der Waals surface area contributed by atoms with Crippen LogP contribution < -0.4 is 10.6 Å². The first kappa shape index (κ1) is 17.2. The van der Waals surface area contributed by atoms with Crippen molar-refractivity contribution in [2.75, 3.05) is 6.54 Å². The first-order valence-corrected chi connectivity index (χ1v) is 7.57. The maximum absolute atomic E-state index is 12.4. The van der Waals surface area contributed by atoms with Crippen LogP contribution in [0.2, 0.25) is 0 Å². The van der Waals surface area contributed by atoms with Crippen molar-refractivity contribution < 1.29 is 9.59 Å². The van der Waals surface area contributed by atoms with E-state index in [9.17, 15) is 9.59 Å². The maximum Gasteiger partial charge on any atom is 0.239 e. The van der Waals surface area contributed by atoms with Gasteiger partial charge in [0, 0.05) is 6.04 Å². The fourth-order valence-electron chi connectivity index (χ4n) is 2.28. The summed E-state index contributed by atoms with van der Waals surface area (Å²) in [6, 6.07) is 9.81. The van der Waals surface area contributed by atoms with Crippen molar-refractivity contribution >= 4 is 11.8 Å². The Hall–Kier alpha value is -1.84. The van der Waals surface area contributed by atoms with Crippen molar-refractivity contribution in [3.63, 3.8) is 0 Å². The van der Waals surface area contributed by atoms with Gasteiger partial charge < -0.3 is 10.6 Å². The summed E-state index contributed by atoms with van der Waals surface area (Å²) in [7, 11) is 0. The minimum absolute atomic E-state index is 0.0246. The Kier molecular flexibility index (Phi) is 6.92. The number of hydrogen-bond donors (Lipinski definition) is 2. The molecule has 0 saturated carbocycles. The van der Waals surface area contributed by atoms with E-state index in [1.165, 1.54) is 0 Å². The lowest BCUT2D eigenvalue weighted by Crippen LogP contribution is -2.42. The first-order valence-electron chi connectivity index (χ1n) is 7.57. The summed E-state index contributed by atoms with van der Waals surface area (Å²) in [5, 5.41) is 5.52. The maximum atomic E-state index is 12.4. The van der Waals surface area contributed by atoms with Crippen LogP contribution in [0.15, 0.2) is 30.3 Å². The van der Waals surface area contributed by atoms with Crippen LogP contribution in [0.25, 0.3) is 0 Å². The zero-order valence-electron chi connectivity index (χ0n) is 13.3. The van der Waals surface area contributed by atoms with E-state index in [1.807, 2.05) is 44.2 Å².